The van der Waals surface area contributed by atoms with E-state index in [1.807, 2.05) is 29.2 Å². The van der Waals surface area contributed by atoms with E-state index in [1.54, 1.807) is 31.2 Å². The summed E-state index contributed by atoms with van der Waals surface area (Å²) >= 11 is 5.94. The number of nitrogens with one attached hydrogen (secondary N) is 1. The summed E-state index contributed by atoms with van der Waals surface area (Å²) in [6.45, 7) is 3.42. The van der Waals surface area contributed by atoms with E-state index in [1.165, 1.54) is 4.68 Å². The molecule has 0 spiro atoms. The zero-order chi connectivity index (χ0) is 19.7. The maximum absolute atomic E-state index is 13.1. The summed E-state index contributed by atoms with van der Waals surface area (Å²) in [6.07, 6.45) is 2.08. The Kier molecular flexibility index (Phi) is 5.05. The highest BCUT2D eigenvalue weighted by atomic mass is 35.5. The van der Waals surface area contributed by atoms with Gasteiger partial charge in [-0.2, -0.15) is 4.68 Å². The average Bonchev–Trinajstić information content (AvgIpc) is 3.24. The van der Waals surface area contributed by atoms with Gasteiger partial charge in [-0.3, -0.25) is 15.0 Å². The van der Waals surface area contributed by atoms with Gasteiger partial charge in [-0.25, -0.2) is 4.98 Å². The number of para-hydroxylation sites is 1. The number of nitrogens with zero attached hydrogens (tertiary/aromatic N) is 3. The average molecular weight is 397 g/mol. The summed E-state index contributed by atoms with van der Waals surface area (Å²) in [6, 6.07) is 14.3. The first-order chi connectivity index (χ1) is 13.5. The van der Waals surface area contributed by atoms with Gasteiger partial charge >= 0.3 is 0 Å². The normalized spacial score (nSPS) is 15.0. The van der Waals surface area contributed by atoms with Gasteiger partial charge in [0.2, 0.25) is 11.9 Å². The number of carbonyl (C=O) groups is 1. The molecule has 1 aromatic heterocycles. The number of fused-ring (bicyclic) bond motifs is 1. The van der Waals surface area contributed by atoms with Crippen molar-refractivity contribution in [1.29, 1.82) is 0 Å². The minimum absolute atomic E-state index is 0.274. The van der Waals surface area contributed by atoms with Crippen LogP contribution in [0.1, 0.15) is 31.2 Å². The Hall–Kier alpha value is -2.86. The molecular formula is C21H21ClN4O2. The van der Waals surface area contributed by atoms with Crippen LogP contribution in [0.5, 0.6) is 0 Å². The molecule has 3 aromatic rings. The molecule has 1 fully saturated rings. The van der Waals surface area contributed by atoms with E-state index in [4.69, 9.17) is 11.6 Å². The van der Waals surface area contributed by atoms with Crippen molar-refractivity contribution in [2.45, 2.75) is 25.7 Å². The van der Waals surface area contributed by atoms with Gasteiger partial charge in [-0.15, -0.1) is 0 Å². The van der Waals surface area contributed by atoms with Gasteiger partial charge in [0.15, 0.2) is 0 Å². The predicted octanol–water partition coefficient (Wildman–Crippen LogP) is 3.52. The Morgan fingerprint density at radius 1 is 1.11 bits per heavy atom. The number of carbonyl (C=O) groups excluding carboxylic acids is 1. The summed E-state index contributed by atoms with van der Waals surface area (Å²) in [5.41, 5.74) is 3.97. The molecule has 0 aliphatic carbocycles. The number of halogens is 1. The quantitative estimate of drug-likeness (QED) is 0.732. The van der Waals surface area contributed by atoms with Crippen LogP contribution in [0.3, 0.4) is 0 Å². The lowest BCUT2D eigenvalue weighted by Crippen LogP contribution is -2.40. The minimum Gasteiger partial charge on any atom is -0.341 e. The number of amides is 1. The summed E-state index contributed by atoms with van der Waals surface area (Å²) in [5.74, 6) is -0.234. The molecule has 1 amide bonds. The standard InChI is InChI=1S/C21H21ClN4O2/c1-14(15-8-10-16(22)11-9-15)19(27)24-26-20(28)17-6-2-3-7-18(17)23-21(26)25-12-4-5-13-25/h2-3,6-11,14H,4-5,12-13H2,1H3,(H,24,27)/t14-/m1/s1. The van der Waals surface area contributed by atoms with Gasteiger partial charge < -0.3 is 4.90 Å². The summed E-state index contributed by atoms with van der Waals surface area (Å²) in [4.78, 5) is 32.7. The summed E-state index contributed by atoms with van der Waals surface area (Å²) < 4.78 is 1.29. The molecule has 0 saturated carbocycles. The molecule has 7 heteroatoms. The van der Waals surface area contributed by atoms with Crippen LogP contribution in [0.2, 0.25) is 5.02 Å². The van der Waals surface area contributed by atoms with Crippen molar-refractivity contribution < 1.29 is 4.79 Å². The summed E-state index contributed by atoms with van der Waals surface area (Å²) in [7, 11) is 0. The number of anilines is 1. The third-order valence-electron chi connectivity index (χ3n) is 5.13. The SMILES string of the molecule is C[C@@H](C(=O)Nn1c(N2CCCC2)nc2ccccc2c1=O)c1ccc(Cl)cc1. The van der Waals surface area contributed by atoms with Crippen LogP contribution in [0.25, 0.3) is 10.9 Å². The topological polar surface area (TPSA) is 67.2 Å². The van der Waals surface area contributed by atoms with Crippen molar-refractivity contribution in [3.63, 3.8) is 0 Å². The third kappa shape index (κ3) is 3.47. The van der Waals surface area contributed by atoms with Crippen LogP contribution in [0.15, 0.2) is 53.3 Å². The second-order valence-electron chi connectivity index (χ2n) is 7.01. The molecule has 4 rings (SSSR count). The zero-order valence-corrected chi connectivity index (χ0v) is 16.3. The van der Waals surface area contributed by atoms with Crippen molar-refractivity contribution in [3.8, 4) is 0 Å². The molecule has 2 aromatic carbocycles. The molecule has 2 heterocycles. The lowest BCUT2D eigenvalue weighted by molar-refractivity contribution is -0.118. The van der Waals surface area contributed by atoms with E-state index in [0.717, 1.165) is 31.5 Å². The first-order valence-corrected chi connectivity index (χ1v) is 9.75. The van der Waals surface area contributed by atoms with Crippen LogP contribution >= 0.6 is 11.6 Å². The fraction of sp³-hybridized carbons (Fsp3) is 0.286. The van der Waals surface area contributed by atoms with Crippen molar-refractivity contribution in [1.82, 2.24) is 9.66 Å². The van der Waals surface area contributed by atoms with Crippen molar-refractivity contribution in [3.05, 3.63) is 69.5 Å². The molecular weight excluding hydrogens is 376 g/mol. The van der Waals surface area contributed by atoms with Crippen LogP contribution in [0, 0.1) is 0 Å². The molecule has 1 atom stereocenters. The Morgan fingerprint density at radius 3 is 2.50 bits per heavy atom. The van der Waals surface area contributed by atoms with Crippen molar-refractivity contribution in [2.75, 3.05) is 23.4 Å². The van der Waals surface area contributed by atoms with Gasteiger partial charge in [0, 0.05) is 18.1 Å². The van der Waals surface area contributed by atoms with Crippen LogP contribution < -0.4 is 15.9 Å². The van der Waals surface area contributed by atoms with Crippen molar-refractivity contribution in [2.24, 2.45) is 0 Å². The van der Waals surface area contributed by atoms with E-state index in [9.17, 15) is 9.59 Å². The second kappa shape index (κ2) is 7.64. The molecule has 1 saturated heterocycles. The Bertz CT molecular complexity index is 1070. The smallest absolute Gasteiger partial charge is 0.281 e. The first-order valence-electron chi connectivity index (χ1n) is 9.37. The van der Waals surface area contributed by atoms with E-state index < -0.39 is 5.92 Å². The fourth-order valence-corrected chi connectivity index (χ4v) is 3.59. The molecule has 0 bridgehead atoms. The molecule has 1 aliphatic rings. The lowest BCUT2D eigenvalue weighted by Gasteiger charge is -2.23. The highest BCUT2D eigenvalue weighted by Crippen LogP contribution is 2.21. The minimum atomic E-state index is -0.443. The van der Waals surface area contributed by atoms with Crippen LogP contribution in [-0.2, 0) is 4.79 Å². The maximum Gasteiger partial charge on any atom is 0.281 e. The highest BCUT2D eigenvalue weighted by Gasteiger charge is 2.23. The molecule has 28 heavy (non-hydrogen) atoms. The fourth-order valence-electron chi connectivity index (χ4n) is 3.46. The molecule has 1 N–H and O–H groups in total. The number of benzene rings is 2. The number of hydrogen-bond acceptors (Lipinski definition) is 4. The van der Waals surface area contributed by atoms with E-state index in [-0.39, 0.29) is 11.5 Å². The summed E-state index contributed by atoms with van der Waals surface area (Å²) in [5, 5.41) is 1.09. The number of aromatic nitrogens is 2. The first kappa shape index (κ1) is 18.5. The molecule has 1 aliphatic heterocycles. The lowest BCUT2D eigenvalue weighted by atomic mass is 10.0. The molecule has 0 unspecified atom stereocenters. The number of rotatable bonds is 4. The zero-order valence-electron chi connectivity index (χ0n) is 15.6. The third-order valence-corrected chi connectivity index (χ3v) is 5.38. The van der Waals surface area contributed by atoms with Crippen molar-refractivity contribution >= 4 is 34.4 Å². The van der Waals surface area contributed by atoms with Gasteiger partial charge in [0.1, 0.15) is 0 Å². The predicted molar refractivity (Wildman–Crippen MR) is 112 cm³/mol. The van der Waals surface area contributed by atoms with Crippen LogP contribution in [-0.4, -0.2) is 28.7 Å². The Labute approximate surface area is 167 Å². The van der Waals surface area contributed by atoms with Gasteiger partial charge in [-0.1, -0.05) is 35.9 Å². The second-order valence-corrected chi connectivity index (χ2v) is 7.45. The van der Waals surface area contributed by atoms with Gasteiger partial charge in [0.25, 0.3) is 5.56 Å². The van der Waals surface area contributed by atoms with E-state index in [0.29, 0.717) is 21.9 Å². The van der Waals surface area contributed by atoms with E-state index >= 15 is 0 Å². The Morgan fingerprint density at radius 2 is 1.79 bits per heavy atom. The Balaban J connectivity index is 1.73. The molecule has 6 nitrogen and oxygen atoms in total. The molecule has 0 radical (unpaired) electrons. The van der Waals surface area contributed by atoms with E-state index in [2.05, 4.69) is 10.4 Å². The van der Waals surface area contributed by atoms with Gasteiger partial charge in [0.05, 0.1) is 16.8 Å². The largest absolute Gasteiger partial charge is 0.341 e. The van der Waals surface area contributed by atoms with Gasteiger partial charge in [-0.05, 0) is 49.6 Å². The van der Waals surface area contributed by atoms with Crippen LogP contribution in [0.4, 0.5) is 5.95 Å². The number of hydrogen-bond donors (Lipinski definition) is 1. The highest BCUT2D eigenvalue weighted by molar-refractivity contribution is 6.30. The maximum atomic E-state index is 13.1. The monoisotopic (exact) mass is 396 g/mol. The molecule has 144 valence electrons.